The zero-order valence-electron chi connectivity index (χ0n) is 14.2. The lowest BCUT2D eigenvalue weighted by atomic mass is 10.2. The number of nitrogens with one attached hydrogen (secondary N) is 1. The van der Waals surface area contributed by atoms with Gasteiger partial charge in [0, 0.05) is 56.9 Å². The first-order chi connectivity index (χ1) is 12.1. The van der Waals surface area contributed by atoms with Gasteiger partial charge in [-0.3, -0.25) is 19.6 Å². The molecule has 0 bridgehead atoms. The van der Waals surface area contributed by atoms with E-state index >= 15 is 0 Å². The molecule has 0 radical (unpaired) electrons. The van der Waals surface area contributed by atoms with Crippen LogP contribution in [-0.4, -0.2) is 64.8 Å². The van der Waals surface area contributed by atoms with Crippen molar-refractivity contribution in [2.24, 2.45) is 0 Å². The molecule has 7 heteroatoms. The second kappa shape index (κ2) is 7.85. The van der Waals surface area contributed by atoms with Crippen LogP contribution in [0, 0.1) is 0 Å². The van der Waals surface area contributed by atoms with Crippen LogP contribution in [0.15, 0.2) is 42.9 Å². The highest BCUT2D eigenvalue weighted by molar-refractivity contribution is 5.98. The molecule has 1 fully saturated rings. The van der Waals surface area contributed by atoms with Crippen molar-refractivity contribution in [1.29, 1.82) is 0 Å². The van der Waals surface area contributed by atoms with E-state index in [1.807, 2.05) is 19.2 Å². The number of carbonyl (C=O) groups excluding carboxylic acids is 2. The molecule has 3 heterocycles. The predicted octanol–water partition coefficient (Wildman–Crippen LogP) is 0.794. The summed E-state index contributed by atoms with van der Waals surface area (Å²) >= 11 is 0. The molecule has 0 unspecified atom stereocenters. The minimum atomic E-state index is -0.230. The topological polar surface area (TPSA) is 78.4 Å². The Hall–Kier alpha value is -2.80. The molecule has 0 saturated carbocycles. The SMILES string of the molecule is CN1CCN(C(=O)c2cc(C(=O)NCc3ccncc3)ccn2)CC1. The van der Waals surface area contributed by atoms with Crippen molar-refractivity contribution in [3.63, 3.8) is 0 Å². The lowest BCUT2D eigenvalue weighted by molar-refractivity contribution is 0.0658. The number of hydrogen-bond donors (Lipinski definition) is 1. The van der Waals surface area contributed by atoms with Crippen molar-refractivity contribution in [1.82, 2.24) is 25.1 Å². The molecule has 2 aromatic heterocycles. The van der Waals surface area contributed by atoms with Gasteiger partial charge in [0.1, 0.15) is 5.69 Å². The average molecular weight is 339 g/mol. The Morgan fingerprint density at radius 1 is 1.08 bits per heavy atom. The molecule has 130 valence electrons. The van der Waals surface area contributed by atoms with E-state index in [9.17, 15) is 9.59 Å². The normalized spacial score (nSPS) is 15.0. The second-order valence-corrected chi connectivity index (χ2v) is 6.06. The lowest BCUT2D eigenvalue weighted by Gasteiger charge is -2.32. The molecule has 3 rings (SSSR count). The number of likely N-dealkylation sites (N-methyl/N-ethyl adjacent to an activating group) is 1. The molecular formula is C18H21N5O2. The number of aromatic nitrogens is 2. The van der Waals surface area contributed by atoms with Gasteiger partial charge in [-0.25, -0.2) is 0 Å². The van der Waals surface area contributed by atoms with E-state index in [1.54, 1.807) is 29.4 Å². The molecule has 0 aromatic carbocycles. The number of piperazine rings is 1. The van der Waals surface area contributed by atoms with Crippen LogP contribution in [0.25, 0.3) is 0 Å². The summed E-state index contributed by atoms with van der Waals surface area (Å²) in [7, 11) is 2.04. The number of carbonyl (C=O) groups is 2. The Labute approximate surface area is 146 Å². The minimum absolute atomic E-state index is 0.128. The number of nitrogens with zero attached hydrogens (tertiary/aromatic N) is 4. The van der Waals surface area contributed by atoms with E-state index in [0.29, 0.717) is 30.9 Å². The summed E-state index contributed by atoms with van der Waals surface area (Å²) in [5.74, 6) is -0.358. The van der Waals surface area contributed by atoms with Crippen molar-refractivity contribution in [2.75, 3.05) is 33.2 Å². The van der Waals surface area contributed by atoms with Gasteiger partial charge in [-0.1, -0.05) is 0 Å². The number of rotatable bonds is 4. The van der Waals surface area contributed by atoms with Crippen LogP contribution in [0.4, 0.5) is 0 Å². The third kappa shape index (κ3) is 4.39. The van der Waals surface area contributed by atoms with Crippen LogP contribution in [0.3, 0.4) is 0 Å². The van der Waals surface area contributed by atoms with Crippen LogP contribution in [0.1, 0.15) is 26.4 Å². The van der Waals surface area contributed by atoms with Crippen LogP contribution in [-0.2, 0) is 6.54 Å². The van der Waals surface area contributed by atoms with Crippen molar-refractivity contribution in [3.05, 3.63) is 59.7 Å². The van der Waals surface area contributed by atoms with E-state index in [2.05, 4.69) is 20.2 Å². The van der Waals surface area contributed by atoms with Gasteiger partial charge < -0.3 is 15.1 Å². The van der Waals surface area contributed by atoms with Crippen LogP contribution in [0.2, 0.25) is 0 Å². The van der Waals surface area contributed by atoms with Gasteiger partial charge in [0.2, 0.25) is 0 Å². The van der Waals surface area contributed by atoms with E-state index in [1.165, 1.54) is 6.20 Å². The molecule has 1 saturated heterocycles. The highest BCUT2D eigenvalue weighted by Gasteiger charge is 2.22. The van der Waals surface area contributed by atoms with Gasteiger partial charge in [-0.2, -0.15) is 0 Å². The first kappa shape index (κ1) is 17.0. The zero-order chi connectivity index (χ0) is 17.6. The van der Waals surface area contributed by atoms with Gasteiger partial charge in [-0.05, 0) is 36.9 Å². The van der Waals surface area contributed by atoms with Gasteiger partial charge in [0.15, 0.2) is 0 Å². The fourth-order valence-electron chi connectivity index (χ4n) is 2.65. The minimum Gasteiger partial charge on any atom is -0.348 e. The first-order valence-electron chi connectivity index (χ1n) is 8.24. The monoisotopic (exact) mass is 339 g/mol. The Kier molecular flexibility index (Phi) is 5.35. The van der Waals surface area contributed by atoms with Crippen molar-refractivity contribution < 1.29 is 9.59 Å². The Morgan fingerprint density at radius 3 is 2.52 bits per heavy atom. The summed E-state index contributed by atoms with van der Waals surface area (Å²) in [6, 6.07) is 6.86. The van der Waals surface area contributed by atoms with E-state index in [-0.39, 0.29) is 11.8 Å². The van der Waals surface area contributed by atoms with Gasteiger partial charge >= 0.3 is 0 Å². The van der Waals surface area contributed by atoms with Crippen molar-refractivity contribution in [2.45, 2.75) is 6.54 Å². The van der Waals surface area contributed by atoms with Crippen LogP contribution in [0.5, 0.6) is 0 Å². The maximum absolute atomic E-state index is 12.6. The smallest absolute Gasteiger partial charge is 0.272 e. The quantitative estimate of drug-likeness (QED) is 0.891. The molecule has 1 aliphatic heterocycles. The standard InChI is InChI=1S/C18H21N5O2/c1-22-8-10-23(11-9-22)18(25)16-12-15(4-7-20-16)17(24)21-13-14-2-5-19-6-3-14/h2-7,12H,8-11,13H2,1H3,(H,21,24). The summed E-state index contributed by atoms with van der Waals surface area (Å²) in [5, 5.41) is 2.84. The summed E-state index contributed by atoms with van der Waals surface area (Å²) in [6.45, 7) is 3.45. The Bertz CT molecular complexity index is 742. The van der Waals surface area contributed by atoms with E-state index in [0.717, 1.165) is 18.7 Å². The molecule has 2 aromatic rings. The summed E-state index contributed by atoms with van der Waals surface area (Å²) in [5.41, 5.74) is 1.70. The van der Waals surface area contributed by atoms with Crippen LogP contribution >= 0.6 is 0 Å². The largest absolute Gasteiger partial charge is 0.348 e. The summed E-state index contributed by atoms with van der Waals surface area (Å²) < 4.78 is 0. The first-order valence-corrected chi connectivity index (χ1v) is 8.24. The maximum Gasteiger partial charge on any atom is 0.272 e. The van der Waals surface area contributed by atoms with E-state index in [4.69, 9.17) is 0 Å². The molecule has 7 nitrogen and oxygen atoms in total. The van der Waals surface area contributed by atoms with Crippen LogP contribution < -0.4 is 5.32 Å². The number of pyridine rings is 2. The summed E-state index contributed by atoms with van der Waals surface area (Å²) in [6.07, 6.45) is 4.87. The fourth-order valence-corrected chi connectivity index (χ4v) is 2.65. The molecule has 0 atom stereocenters. The molecule has 0 spiro atoms. The molecule has 1 aliphatic rings. The third-order valence-corrected chi connectivity index (χ3v) is 4.23. The average Bonchev–Trinajstić information content (AvgIpc) is 2.67. The van der Waals surface area contributed by atoms with Gasteiger partial charge in [0.05, 0.1) is 0 Å². The number of hydrogen-bond acceptors (Lipinski definition) is 5. The molecule has 2 amide bonds. The predicted molar refractivity (Wildman–Crippen MR) is 93.0 cm³/mol. The van der Waals surface area contributed by atoms with E-state index < -0.39 is 0 Å². The van der Waals surface area contributed by atoms with Gasteiger partial charge in [-0.15, -0.1) is 0 Å². The molecule has 25 heavy (non-hydrogen) atoms. The van der Waals surface area contributed by atoms with Gasteiger partial charge in [0.25, 0.3) is 11.8 Å². The highest BCUT2D eigenvalue weighted by atomic mass is 16.2. The van der Waals surface area contributed by atoms with Crippen molar-refractivity contribution in [3.8, 4) is 0 Å². The Balaban J connectivity index is 1.64. The van der Waals surface area contributed by atoms with Crippen molar-refractivity contribution >= 4 is 11.8 Å². The maximum atomic E-state index is 12.6. The second-order valence-electron chi connectivity index (χ2n) is 6.06. The lowest BCUT2D eigenvalue weighted by Crippen LogP contribution is -2.47. The fraction of sp³-hybridized carbons (Fsp3) is 0.333. The number of amides is 2. The molecular weight excluding hydrogens is 318 g/mol. The third-order valence-electron chi connectivity index (χ3n) is 4.23. The summed E-state index contributed by atoms with van der Waals surface area (Å²) in [4.78, 5) is 36.9. The Morgan fingerprint density at radius 2 is 1.80 bits per heavy atom. The molecule has 0 aliphatic carbocycles. The zero-order valence-corrected chi connectivity index (χ0v) is 14.2. The molecule has 1 N–H and O–H groups in total. The highest BCUT2D eigenvalue weighted by Crippen LogP contribution is 2.09.